The molecule has 0 aliphatic carbocycles. The van der Waals surface area contributed by atoms with E-state index in [1.54, 1.807) is 6.07 Å². The van der Waals surface area contributed by atoms with Crippen LogP contribution in [0.25, 0.3) is 0 Å². The van der Waals surface area contributed by atoms with E-state index in [-0.39, 0.29) is 11.7 Å². The van der Waals surface area contributed by atoms with Gasteiger partial charge in [0.05, 0.1) is 5.92 Å². The molecule has 0 bridgehead atoms. The predicted molar refractivity (Wildman–Crippen MR) is 65.6 cm³/mol. The summed E-state index contributed by atoms with van der Waals surface area (Å²) in [4.78, 5) is 4.30. The molecule has 0 aliphatic heterocycles. The molecule has 2 rings (SSSR count). The molecule has 18 heavy (non-hydrogen) atoms. The summed E-state index contributed by atoms with van der Waals surface area (Å²) in [5.74, 6) is 0.956. The molecule has 0 radical (unpaired) electrons. The fourth-order valence-electron chi connectivity index (χ4n) is 1.78. The van der Waals surface area contributed by atoms with Crippen molar-refractivity contribution < 1.29 is 8.91 Å². The van der Waals surface area contributed by atoms with Gasteiger partial charge in [0.2, 0.25) is 5.89 Å². The maximum Gasteiger partial charge on any atom is 0.231 e. The maximum absolute atomic E-state index is 13.0. The van der Waals surface area contributed by atoms with Gasteiger partial charge in [-0.25, -0.2) is 4.39 Å². The third kappa shape index (κ3) is 2.92. The van der Waals surface area contributed by atoms with Gasteiger partial charge in [0.15, 0.2) is 5.82 Å². The standard InChI is InChI=1S/C13H16FN3O/c1-2-10(8-15)13-16-12(17-18-13)7-9-4-3-5-11(14)6-9/h3-6,10H,2,7-8,15H2,1H3. The first-order chi connectivity index (χ1) is 8.72. The molecule has 0 fully saturated rings. The van der Waals surface area contributed by atoms with Crippen LogP contribution in [0.5, 0.6) is 0 Å². The van der Waals surface area contributed by atoms with E-state index in [1.807, 2.05) is 13.0 Å². The number of halogens is 1. The summed E-state index contributed by atoms with van der Waals surface area (Å²) in [6.45, 7) is 2.51. The Hall–Kier alpha value is -1.75. The summed E-state index contributed by atoms with van der Waals surface area (Å²) >= 11 is 0. The van der Waals surface area contributed by atoms with Gasteiger partial charge in [-0.05, 0) is 24.1 Å². The summed E-state index contributed by atoms with van der Waals surface area (Å²) < 4.78 is 18.2. The minimum atomic E-state index is -0.260. The van der Waals surface area contributed by atoms with Gasteiger partial charge in [-0.1, -0.05) is 24.2 Å². The second-order valence-corrected chi connectivity index (χ2v) is 4.20. The molecule has 1 unspecified atom stereocenters. The first kappa shape index (κ1) is 12.7. The third-order valence-corrected chi connectivity index (χ3v) is 2.86. The molecule has 0 saturated carbocycles. The van der Waals surface area contributed by atoms with E-state index in [2.05, 4.69) is 10.1 Å². The van der Waals surface area contributed by atoms with Crippen LogP contribution >= 0.6 is 0 Å². The van der Waals surface area contributed by atoms with Crippen LogP contribution in [0.4, 0.5) is 4.39 Å². The summed E-state index contributed by atoms with van der Waals surface area (Å²) in [6, 6.07) is 6.38. The van der Waals surface area contributed by atoms with E-state index in [0.717, 1.165) is 12.0 Å². The first-order valence-corrected chi connectivity index (χ1v) is 6.00. The van der Waals surface area contributed by atoms with Crippen molar-refractivity contribution in [2.45, 2.75) is 25.7 Å². The van der Waals surface area contributed by atoms with Gasteiger partial charge in [-0.15, -0.1) is 0 Å². The molecule has 0 aliphatic rings. The van der Waals surface area contributed by atoms with E-state index in [9.17, 15) is 4.39 Å². The Labute approximate surface area is 105 Å². The molecule has 1 aromatic heterocycles. The lowest BCUT2D eigenvalue weighted by atomic mass is 10.1. The Morgan fingerprint density at radius 3 is 2.94 bits per heavy atom. The van der Waals surface area contributed by atoms with E-state index in [0.29, 0.717) is 24.7 Å². The van der Waals surface area contributed by atoms with Crippen molar-refractivity contribution in [1.29, 1.82) is 0 Å². The fourth-order valence-corrected chi connectivity index (χ4v) is 1.78. The monoisotopic (exact) mass is 249 g/mol. The van der Waals surface area contributed by atoms with Gasteiger partial charge in [0.25, 0.3) is 0 Å². The molecule has 1 aromatic carbocycles. The lowest BCUT2D eigenvalue weighted by Gasteiger charge is -2.04. The molecule has 0 spiro atoms. The topological polar surface area (TPSA) is 64.9 Å². The van der Waals surface area contributed by atoms with Crippen LogP contribution in [0.15, 0.2) is 28.8 Å². The van der Waals surface area contributed by atoms with Gasteiger partial charge >= 0.3 is 0 Å². The van der Waals surface area contributed by atoms with Crippen LogP contribution in [-0.4, -0.2) is 16.7 Å². The Morgan fingerprint density at radius 2 is 2.28 bits per heavy atom. The van der Waals surface area contributed by atoms with E-state index in [1.165, 1.54) is 12.1 Å². The van der Waals surface area contributed by atoms with Crippen LogP contribution in [0.1, 0.15) is 36.5 Å². The number of aromatic nitrogens is 2. The number of hydrogen-bond donors (Lipinski definition) is 1. The number of rotatable bonds is 5. The molecule has 2 aromatic rings. The largest absolute Gasteiger partial charge is 0.339 e. The maximum atomic E-state index is 13.0. The molecule has 0 amide bonds. The molecule has 1 heterocycles. The average Bonchev–Trinajstić information content (AvgIpc) is 2.79. The van der Waals surface area contributed by atoms with Crippen LogP contribution in [-0.2, 0) is 6.42 Å². The first-order valence-electron chi connectivity index (χ1n) is 6.00. The Balaban J connectivity index is 2.11. The van der Waals surface area contributed by atoms with E-state index >= 15 is 0 Å². The van der Waals surface area contributed by atoms with Gasteiger partial charge < -0.3 is 10.3 Å². The zero-order valence-electron chi connectivity index (χ0n) is 10.3. The van der Waals surface area contributed by atoms with Gasteiger partial charge in [-0.3, -0.25) is 0 Å². The Bertz CT molecular complexity index is 508. The average molecular weight is 249 g/mol. The highest BCUT2D eigenvalue weighted by atomic mass is 19.1. The highest BCUT2D eigenvalue weighted by Crippen LogP contribution is 2.17. The van der Waals surface area contributed by atoms with Gasteiger partial charge in [-0.2, -0.15) is 4.98 Å². The van der Waals surface area contributed by atoms with Crippen LogP contribution < -0.4 is 5.73 Å². The summed E-state index contributed by atoms with van der Waals surface area (Å²) in [7, 11) is 0. The number of benzene rings is 1. The second kappa shape index (κ2) is 5.73. The van der Waals surface area contributed by atoms with Crippen molar-refractivity contribution in [2.75, 3.05) is 6.54 Å². The van der Waals surface area contributed by atoms with Crippen LogP contribution in [0.3, 0.4) is 0 Å². The van der Waals surface area contributed by atoms with Crippen LogP contribution in [0, 0.1) is 5.82 Å². The summed E-state index contributed by atoms with van der Waals surface area (Å²) in [5.41, 5.74) is 6.44. The van der Waals surface area contributed by atoms with Crippen molar-refractivity contribution in [3.8, 4) is 0 Å². The van der Waals surface area contributed by atoms with Crippen molar-refractivity contribution in [2.24, 2.45) is 5.73 Å². The van der Waals surface area contributed by atoms with Crippen molar-refractivity contribution in [1.82, 2.24) is 10.1 Å². The number of hydrogen-bond acceptors (Lipinski definition) is 4. The fraction of sp³-hybridized carbons (Fsp3) is 0.385. The molecule has 2 N–H and O–H groups in total. The summed E-state index contributed by atoms with van der Waals surface area (Å²) in [5, 5.41) is 3.89. The van der Waals surface area contributed by atoms with E-state index in [4.69, 9.17) is 10.3 Å². The molecule has 4 nitrogen and oxygen atoms in total. The SMILES string of the molecule is CCC(CN)c1nc(Cc2cccc(F)c2)no1. The number of nitrogens with two attached hydrogens (primary N) is 1. The Morgan fingerprint density at radius 1 is 1.44 bits per heavy atom. The minimum Gasteiger partial charge on any atom is -0.339 e. The molecule has 1 atom stereocenters. The molecular weight excluding hydrogens is 233 g/mol. The third-order valence-electron chi connectivity index (χ3n) is 2.86. The van der Waals surface area contributed by atoms with Crippen molar-refractivity contribution in [3.63, 3.8) is 0 Å². The normalized spacial score (nSPS) is 12.6. The highest BCUT2D eigenvalue weighted by molar-refractivity contribution is 5.19. The molecule has 0 saturated heterocycles. The lowest BCUT2D eigenvalue weighted by molar-refractivity contribution is 0.348. The smallest absolute Gasteiger partial charge is 0.231 e. The second-order valence-electron chi connectivity index (χ2n) is 4.20. The predicted octanol–water partition coefficient (Wildman–Crippen LogP) is 2.25. The van der Waals surface area contributed by atoms with Crippen LogP contribution in [0.2, 0.25) is 0 Å². The van der Waals surface area contributed by atoms with Gasteiger partial charge in [0.1, 0.15) is 5.82 Å². The summed E-state index contributed by atoms with van der Waals surface area (Å²) in [6.07, 6.45) is 1.32. The van der Waals surface area contributed by atoms with E-state index < -0.39 is 0 Å². The molecule has 5 heteroatoms. The van der Waals surface area contributed by atoms with Crippen molar-refractivity contribution >= 4 is 0 Å². The number of nitrogens with zero attached hydrogens (tertiary/aromatic N) is 2. The molecule has 96 valence electrons. The zero-order valence-corrected chi connectivity index (χ0v) is 10.3. The van der Waals surface area contributed by atoms with Crippen molar-refractivity contribution in [3.05, 3.63) is 47.4 Å². The molecular formula is C13H16FN3O. The Kier molecular flexibility index (Phi) is 4.04. The minimum absolute atomic E-state index is 0.0961. The highest BCUT2D eigenvalue weighted by Gasteiger charge is 2.15. The quantitative estimate of drug-likeness (QED) is 0.882. The van der Waals surface area contributed by atoms with Gasteiger partial charge in [0, 0.05) is 13.0 Å². The zero-order chi connectivity index (χ0) is 13.0. The lowest BCUT2D eigenvalue weighted by Crippen LogP contribution is -2.11.